The van der Waals surface area contributed by atoms with E-state index in [0.29, 0.717) is 6.54 Å². The Morgan fingerprint density at radius 3 is 3.06 bits per heavy atom. The van der Waals surface area contributed by atoms with E-state index in [0.717, 1.165) is 18.5 Å². The quantitative estimate of drug-likeness (QED) is 0.766. The molecule has 1 aromatic carbocycles. The van der Waals surface area contributed by atoms with Gasteiger partial charge in [-0.05, 0) is 36.6 Å². The van der Waals surface area contributed by atoms with E-state index in [4.69, 9.17) is 4.74 Å². The van der Waals surface area contributed by atoms with Crippen molar-refractivity contribution in [1.82, 2.24) is 5.32 Å². The van der Waals surface area contributed by atoms with Crippen molar-refractivity contribution >= 4 is 5.97 Å². The predicted molar refractivity (Wildman–Crippen MR) is 63.7 cm³/mol. The molecule has 1 fully saturated rings. The standard InChI is InChI=1S/C13H17NO3/c1-17-13(16)12-8-14-7-10(12)5-9-3-2-4-11(15)6-9/h2-4,6,10,12,14-15H,5,7-8H2,1H3/t10-,12+/m1/s1. The highest BCUT2D eigenvalue weighted by molar-refractivity contribution is 5.73. The molecule has 92 valence electrons. The van der Waals surface area contributed by atoms with Gasteiger partial charge in [0.2, 0.25) is 0 Å². The van der Waals surface area contributed by atoms with Crippen molar-refractivity contribution in [2.45, 2.75) is 6.42 Å². The Kier molecular flexibility index (Phi) is 3.64. The molecule has 17 heavy (non-hydrogen) atoms. The molecule has 2 atom stereocenters. The lowest BCUT2D eigenvalue weighted by molar-refractivity contribution is -0.146. The van der Waals surface area contributed by atoms with Crippen LogP contribution in [0.1, 0.15) is 5.56 Å². The highest BCUT2D eigenvalue weighted by Gasteiger charge is 2.33. The number of nitrogens with one attached hydrogen (secondary N) is 1. The maximum absolute atomic E-state index is 11.6. The second-order valence-corrected chi connectivity index (χ2v) is 4.42. The smallest absolute Gasteiger partial charge is 0.310 e. The van der Waals surface area contributed by atoms with Crippen LogP contribution in [0.2, 0.25) is 0 Å². The lowest BCUT2D eigenvalue weighted by Gasteiger charge is -2.16. The number of hydrogen-bond donors (Lipinski definition) is 2. The summed E-state index contributed by atoms with van der Waals surface area (Å²) < 4.78 is 4.80. The van der Waals surface area contributed by atoms with Crippen LogP contribution in [0.5, 0.6) is 5.75 Å². The molecule has 0 spiro atoms. The Bertz CT molecular complexity index is 405. The lowest BCUT2D eigenvalue weighted by atomic mass is 9.90. The monoisotopic (exact) mass is 235 g/mol. The number of ether oxygens (including phenoxy) is 1. The van der Waals surface area contributed by atoms with Crippen LogP contribution in [0.15, 0.2) is 24.3 Å². The largest absolute Gasteiger partial charge is 0.508 e. The number of aromatic hydroxyl groups is 1. The predicted octanol–water partition coefficient (Wildman–Crippen LogP) is 0.943. The average Bonchev–Trinajstić information content (AvgIpc) is 2.76. The highest BCUT2D eigenvalue weighted by Crippen LogP contribution is 2.24. The first-order valence-corrected chi connectivity index (χ1v) is 5.77. The zero-order valence-corrected chi connectivity index (χ0v) is 9.85. The van der Waals surface area contributed by atoms with Gasteiger partial charge in [-0.25, -0.2) is 0 Å². The minimum absolute atomic E-state index is 0.0812. The number of phenolic OH excluding ortho intramolecular Hbond substituents is 1. The first-order valence-electron chi connectivity index (χ1n) is 5.77. The van der Waals surface area contributed by atoms with Gasteiger partial charge in [0.25, 0.3) is 0 Å². The minimum Gasteiger partial charge on any atom is -0.508 e. The lowest BCUT2D eigenvalue weighted by Crippen LogP contribution is -2.25. The Labute approximate surface area is 101 Å². The average molecular weight is 235 g/mol. The van der Waals surface area contributed by atoms with Crippen molar-refractivity contribution in [2.24, 2.45) is 11.8 Å². The number of methoxy groups -OCH3 is 1. The maximum Gasteiger partial charge on any atom is 0.310 e. The van der Waals surface area contributed by atoms with E-state index >= 15 is 0 Å². The number of carbonyl (C=O) groups is 1. The van der Waals surface area contributed by atoms with Crippen molar-refractivity contribution in [3.05, 3.63) is 29.8 Å². The van der Waals surface area contributed by atoms with E-state index < -0.39 is 0 Å². The molecule has 0 aromatic heterocycles. The van der Waals surface area contributed by atoms with Crippen molar-refractivity contribution in [3.63, 3.8) is 0 Å². The molecule has 0 saturated carbocycles. The number of benzene rings is 1. The van der Waals surface area contributed by atoms with Gasteiger partial charge in [0.1, 0.15) is 5.75 Å². The fourth-order valence-corrected chi connectivity index (χ4v) is 2.36. The molecular weight excluding hydrogens is 218 g/mol. The number of carbonyl (C=O) groups excluding carboxylic acids is 1. The molecule has 0 amide bonds. The van der Waals surface area contributed by atoms with Gasteiger partial charge in [-0.15, -0.1) is 0 Å². The molecule has 1 aliphatic heterocycles. The summed E-state index contributed by atoms with van der Waals surface area (Å²) in [6.45, 7) is 1.49. The number of hydrogen-bond acceptors (Lipinski definition) is 4. The summed E-state index contributed by atoms with van der Waals surface area (Å²) in [5.74, 6) is 0.273. The molecule has 0 bridgehead atoms. The van der Waals surface area contributed by atoms with Crippen LogP contribution in [0, 0.1) is 11.8 Å². The normalized spacial score (nSPS) is 23.6. The van der Waals surface area contributed by atoms with Crippen molar-refractivity contribution in [3.8, 4) is 5.75 Å². The minimum atomic E-state index is -0.153. The van der Waals surface area contributed by atoms with Gasteiger partial charge >= 0.3 is 5.97 Å². The van der Waals surface area contributed by atoms with Crippen LogP contribution >= 0.6 is 0 Å². The molecule has 0 radical (unpaired) electrons. The van der Waals surface area contributed by atoms with Gasteiger partial charge in [0, 0.05) is 6.54 Å². The molecule has 0 unspecified atom stereocenters. The fourth-order valence-electron chi connectivity index (χ4n) is 2.36. The summed E-state index contributed by atoms with van der Waals surface area (Å²) in [6, 6.07) is 7.17. The molecule has 2 rings (SSSR count). The molecule has 4 nitrogen and oxygen atoms in total. The van der Waals surface area contributed by atoms with Crippen molar-refractivity contribution in [1.29, 1.82) is 0 Å². The van der Waals surface area contributed by atoms with Gasteiger partial charge in [0.15, 0.2) is 0 Å². The summed E-state index contributed by atoms with van der Waals surface area (Å²) in [5.41, 5.74) is 1.05. The van der Waals surface area contributed by atoms with Crippen LogP contribution in [-0.2, 0) is 16.0 Å². The molecular formula is C13H17NO3. The molecule has 4 heteroatoms. The molecule has 0 aliphatic carbocycles. The van der Waals surface area contributed by atoms with E-state index in [1.54, 1.807) is 12.1 Å². The molecule has 1 aromatic rings. The third-order valence-corrected chi connectivity index (χ3v) is 3.25. The number of esters is 1. The third-order valence-electron chi connectivity index (χ3n) is 3.25. The molecule has 1 aliphatic rings. The SMILES string of the molecule is COC(=O)[C@H]1CNC[C@H]1Cc1cccc(O)c1. The summed E-state index contributed by atoms with van der Waals surface area (Å²) >= 11 is 0. The third kappa shape index (κ3) is 2.77. The maximum atomic E-state index is 11.6. The summed E-state index contributed by atoms with van der Waals surface area (Å²) in [7, 11) is 1.42. The van der Waals surface area contributed by atoms with E-state index in [1.807, 2.05) is 12.1 Å². The molecule has 2 N–H and O–H groups in total. The van der Waals surface area contributed by atoms with E-state index in [9.17, 15) is 9.90 Å². The first kappa shape index (κ1) is 11.9. The summed E-state index contributed by atoms with van der Waals surface area (Å²) in [6.07, 6.45) is 0.779. The van der Waals surface area contributed by atoms with Gasteiger partial charge < -0.3 is 15.2 Å². The number of rotatable bonds is 3. The zero-order valence-electron chi connectivity index (χ0n) is 9.85. The second kappa shape index (κ2) is 5.19. The number of phenols is 1. The van der Waals surface area contributed by atoms with E-state index in [-0.39, 0.29) is 23.6 Å². The van der Waals surface area contributed by atoms with Crippen LogP contribution in [0.3, 0.4) is 0 Å². The fraction of sp³-hybridized carbons (Fsp3) is 0.462. The molecule has 1 saturated heterocycles. The highest BCUT2D eigenvalue weighted by atomic mass is 16.5. The Hall–Kier alpha value is -1.55. The topological polar surface area (TPSA) is 58.6 Å². The Balaban J connectivity index is 2.05. The zero-order chi connectivity index (χ0) is 12.3. The van der Waals surface area contributed by atoms with E-state index in [2.05, 4.69) is 5.32 Å². The van der Waals surface area contributed by atoms with Gasteiger partial charge in [-0.3, -0.25) is 4.79 Å². The second-order valence-electron chi connectivity index (χ2n) is 4.42. The van der Waals surface area contributed by atoms with Crippen molar-refractivity contribution in [2.75, 3.05) is 20.2 Å². The van der Waals surface area contributed by atoms with Crippen molar-refractivity contribution < 1.29 is 14.6 Å². The Morgan fingerprint density at radius 1 is 1.53 bits per heavy atom. The van der Waals surface area contributed by atoms with Gasteiger partial charge in [-0.2, -0.15) is 0 Å². The summed E-state index contributed by atoms with van der Waals surface area (Å²) in [5, 5.41) is 12.6. The first-order chi connectivity index (χ1) is 8.20. The van der Waals surface area contributed by atoms with E-state index in [1.165, 1.54) is 7.11 Å². The van der Waals surface area contributed by atoms with Crippen LogP contribution in [0.4, 0.5) is 0 Å². The Morgan fingerprint density at radius 2 is 2.35 bits per heavy atom. The van der Waals surface area contributed by atoms with Crippen LogP contribution in [0.25, 0.3) is 0 Å². The molecule has 1 heterocycles. The summed E-state index contributed by atoms with van der Waals surface area (Å²) in [4.78, 5) is 11.6. The van der Waals surface area contributed by atoms with Crippen LogP contribution < -0.4 is 5.32 Å². The van der Waals surface area contributed by atoms with Gasteiger partial charge in [-0.1, -0.05) is 12.1 Å². The van der Waals surface area contributed by atoms with Gasteiger partial charge in [0.05, 0.1) is 13.0 Å². The van der Waals surface area contributed by atoms with Crippen LogP contribution in [-0.4, -0.2) is 31.3 Å².